The van der Waals surface area contributed by atoms with E-state index in [-0.39, 0.29) is 5.91 Å². The number of benzene rings is 2. The van der Waals surface area contributed by atoms with Crippen molar-refractivity contribution in [3.05, 3.63) is 76.3 Å². The van der Waals surface area contributed by atoms with E-state index in [1.807, 2.05) is 48.5 Å². The van der Waals surface area contributed by atoms with E-state index in [1.165, 1.54) is 16.9 Å². The number of carbonyl (C=O) groups excluding carboxylic acids is 1. The number of rotatable bonds is 6. The summed E-state index contributed by atoms with van der Waals surface area (Å²) in [7, 11) is 2.05. The number of hydrogen-bond donors (Lipinski definition) is 1. The topological polar surface area (TPSA) is 45.2 Å². The van der Waals surface area contributed by atoms with Crippen LogP contribution in [-0.4, -0.2) is 35.9 Å². The number of fused-ring (bicyclic) bond motifs is 3. The molecule has 4 aromatic rings. The van der Waals surface area contributed by atoms with E-state index in [2.05, 4.69) is 34.4 Å². The summed E-state index contributed by atoms with van der Waals surface area (Å²) in [6.07, 6.45) is 0. The van der Waals surface area contributed by atoms with Gasteiger partial charge in [-0.05, 0) is 24.7 Å². The number of halogens is 1. The highest BCUT2D eigenvalue weighted by molar-refractivity contribution is 7.21. The van der Waals surface area contributed by atoms with Crippen LogP contribution in [0, 0.1) is 0 Å². The van der Waals surface area contributed by atoms with E-state index < -0.39 is 0 Å². The van der Waals surface area contributed by atoms with Crippen molar-refractivity contribution in [2.45, 2.75) is 6.54 Å². The molecule has 0 saturated heterocycles. The number of hydrogen-bond acceptors (Lipinski definition) is 4. The van der Waals surface area contributed by atoms with Gasteiger partial charge < -0.3 is 10.2 Å². The molecule has 0 radical (unpaired) electrons. The van der Waals surface area contributed by atoms with Crippen molar-refractivity contribution in [3.8, 4) is 0 Å². The van der Waals surface area contributed by atoms with Crippen LogP contribution < -0.4 is 5.32 Å². The fourth-order valence-corrected chi connectivity index (χ4v) is 4.61. The summed E-state index contributed by atoms with van der Waals surface area (Å²) in [5, 5.41) is 5.30. The quantitative estimate of drug-likeness (QED) is 0.457. The SMILES string of the molecule is CN(CCNC(=O)c1cc2c(Cl)nc3ccccc3c2s1)Cc1ccccc1. The number of carbonyl (C=O) groups is 1. The Morgan fingerprint density at radius 1 is 1.11 bits per heavy atom. The third-order valence-electron chi connectivity index (χ3n) is 4.62. The summed E-state index contributed by atoms with van der Waals surface area (Å²) >= 11 is 7.79. The maximum atomic E-state index is 12.6. The Bertz CT molecular complexity index is 1130. The number of amides is 1. The molecular formula is C22H20ClN3OS. The van der Waals surface area contributed by atoms with Crippen molar-refractivity contribution in [1.82, 2.24) is 15.2 Å². The Morgan fingerprint density at radius 2 is 1.86 bits per heavy atom. The number of thiophene rings is 1. The molecule has 4 nitrogen and oxygen atoms in total. The van der Waals surface area contributed by atoms with Crippen molar-refractivity contribution < 1.29 is 4.79 Å². The van der Waals surface area contributed by atoms with Gasteiger partial charge in [-0.3, -0.25) is 4.79 Å². The van der Waals surface area contributed by atoms with Gasteiger partial charge in [0, 0.05) is 35.1 Å². The maximum absolute atomic E-state index is 12.6. The standard InChI is InChI=1S/C22H20ClN3OS/c1-26(14-15-7-3-2-4-8-15)12-11-24-22(27)19-13-17-20(28-19)16-9-5-6-10-18(16)25-21(17)23/h2-10,13H,11-12,14H2,1H3,(H,24,27). The molecule has 2 heterocycles. The number of pyridine rings is 1. The molecule has 28 heavy (non-hydrogen) atoms. The highest BCUT2D eigenvalue weighted by Gasteiger charge is 2.15. The number of nitrogens with one attached hydrogen (secondary N) is 1. The zero-order valence-electron chi connectivity index (χ0n) is 15.5. The van der Waals surface area contributed by atoms with Gasteiger partial charge in [0.15, 0.2) is 0 Å². The smallest absolute Gasteiger partial charge is 0.261 e. The average Bonchev–Trinajstić information content (AvgIpc) is 3.15. The van der Waals surface area contributed by atoms with Crippen LogP contribution in [0.4, 0.5) is 0 Å². The molecule has 6 heteroatoms. The summed E-state index contributed by atoms with van der Waals surface area (Å²) < 4.78 is 1.00. The summed E-state index contributed by atoms with van der Waals surface area (Å²) in [6, 6.07) is 20.0. The van der Waals surface area contributed by atoms with Gasteiger partial charge in [0.25, 0.3) is 5.91 Å². The van der Waals surface area contributed by atoms with Crippen LogP contribution in [0.3, 0.4) is 0 Å². The summed E-state index contributed by atoms with van der Waals surface area (Å²) in [4.78, 5) is 19.9. The van der Waals surface area contributed by atoms with Crippen molar-refractivity contribution in [2.24, 2.45) is 0 Å². The van der Waals surface area contributed by atoms with Crippen LogP contribution in [-0.2, 0) is 6.54 Å². The molecule has 0 spiro atoms. The van der Waals surface area contributed by atoms with Crippen molar-refractivity contribution >= 4 is 49.8 Å². The first kappa shape index (κ1) is 18.9. The van der Waals surface area contributed by atoms with E-state index in [0.29, 0.717) is 16.6 Å². The Labute approximate surface area is 172 Å². The largest absolute Gasteiger partial charge is 0.350 e. The van der Waals surface area contributed by atoms with Crippen molar-refractivity contribution in [2.75, 3.05) is 20.1 Å². The van der Waals surface area contributed by atoms with Crippen LogP contribution in [0.15, 0.2) is 60.7 Å². The lowest BCUT2D eigenvalue weighted by Crippen LogP contribution is -2.32. The van der Waals surface area contributed by atoms with E-state index >= 15 is 0 Å². The molecule has 1 N–H and O–H groups in total. The molecule has 4 rings (SSSR count). The first-order valence-electron chi connectivity index (χ1n) is 9.10. The molecule has 0 fully saturated rings. The fourth-order valence-electron chi connectivity index (χ4n) is 3.21. The lowest BCUT2D eigenvalue weighted by molar-refractivity contribution is 0.0953. The number of para-hydroxylation sites is 1. The molecule has 0 atom stereocenters. The van der Waals surface area contributed by atoms with Gasteiger partial charge in [0.2, 0.25) is 0 Å². The minimum Gasteiger partial charge on any atom is -0.350 e. The van der Waals surface area contributed by atoms with Gasteiger partial charge >= 0.3 is 0 Å². The molecule has 0 saturated carbocycles. The number of aromatic nitrogens is 1. The molecule has 0 aliphatic carbocycles. The van der Waals surface area contributed by atoms with Crippen LogP contribution in [0.2, 0.25) is 5.15 Å². The van der Waals surface area contributed by atoms with Gasteiger partial charge in [-0.25, -0.2) is 4.98 Å². The van der Waals surface area contributed by atoms with E-state index in [4.69, 9.17) is 11.6 Å². The Kier molecular flexibility index (Phi) is 5.57. The van der Waals surface area contributed by atoms with Gasteiger partial charge in [-0.1, -0.05) is 60.1 Å². The third-order valence-corrected chi connectivity index (χ3v) is 6.08. The zero-order valence-corrected chi connectivity index (χ0v) is 17.1. The molecule has 2 aromatic heterocycles. The molecule has 0 bridgehead atoms. The monoisotopic (exact) mass is 409 g/mol. The second-order valence-electron chi connectivity index (χ2n) is 6.75. The van der Waals surface area contributed by atoms with E-state index in [1.54, 1.807) is 0 Å². The normalized spacial score (nSPS) is 11.4. The average molecular weight is 410 g/mol. The fraction of sp³-hybridized carbons (Fsp3) is 0.182. The van der Waals surface area contributed by atoms with Crippen LogP contribution in [0.5, 0.6) is 0 Å². The van der Waals surface area contributed by atoms with Crippen molar-refractivity contribution in [1.29, 1.82) is 0 Å². The minimum atomic E-state index is -0.0746. The zero-order chi connectivity index (χ0) is 19.5. The van der Waals surface area contributed by atoms with Crippen molar-refractivity contribution in [3.63, 3.8) is 0 Å². The highest BCUT2D eigenvalue weighted by atomic mass is 35.5. The first-order valence-corrected chi connectivity index (χ1v) is 10.3. The first-order chi connectivity index (χ1) is 13.6. The highest BCUT2D eigenvalue weighted by Crippen LogP contribution is 2.35. The summed E-state index contributed by atoms with van der Waals surface area (Å²) in [6.45, 7) is 2.22. The predicted octanol–water partition coefficient (Wildman–Crippen LogP) is 4.96. The van der Waals surface area contributed by atoms with Gasteiger partial charge in [-0.15, -0.1) is 11.3 Å². The summed E-state index contributed by atoms with van der Waals surface area (Å²) in [5.41, 5.74) is 2.10. The second-order valence-corrected chi connectivity index (χ2v) is 8.16. The Balaban J connectivity index is 1.43. The summed E-state index contributed by atoms with van der Waals surface area (Å²) in [5.74, 6) is -0.0746. The number of nitrogens with zero attached hydrogens (tertiary/aromatic N) is 2. The van der Waals surface area contributed by atoms with Crippen LogP contribution in [0.25, 0.3) is 21.0 Å². The minimum absolute atomic E-state index is 0.0746. The van der Waals surface area contributed by atoms with E-state index in [0.717, 1.165) is 34.1 Å². The molecule has 0 unspecified atom stereocenters. The second kappa shape index (κ2) is 8.27. The van der Waals surface area contributed by atoms with Gasteiger partial charge in [-0.2, -0.15) is 0 Å². The maximum Gasteiger partial charge on any atom is 0.261 e. The van der Waals surface area contributed by atoms with Crippen LogP contribution in [0.1, 0.15) is 15.2 Å². The third kappa shape index (κ3) is 4.02. The van der Waals surface area contributed by atoms with Crippen LogP contribution >= 0.6 is 22.9 Å². The molecular weight excluding hydrogens is 390 g/mol. The molecule has 2 aromatic carbocycles. The lowest BCUT2D eigenvalue weighted by atomic mass is 10.2. The molecule has 142 valence electrons. The predicted molar refractivity (Wildman–Crippen MR) is 117 cm³/mol. The number of likely N-dealkylation sites (N-methyl/N-ethyl adjacent to an activating group) is 1. The van der Waals surface area contributed by atoms with Gasteiger partial charge in [0.1, 0.15) is 5.15 Å². The Hall–Kier alpha value is -2.47. The Morgan fingerprint density at radius 3 is 2.68 bits per heavy atom. The molecule has 1 amide bonds. The molecule has 0 aliphatic rings. The van der Waals surface area contributed by atoms with E-state index in [9.17, 15) is 4.79 Å². The lowest BCUT2D eigenvalue weighted by Gasteiger charge is -2.16. The molecule has 0 aliphatic heterocycles. The van der Waals surface area contributed by atoms with Gasteiger partial charge in [0.05, 0.1) is 10.4 Å².